The number of carbonyl (C=O) groups excluding carboxylic acids is 3. The number of phenols is 1. The number of carboxylic acids is 1. The van der Waals surface area contributed by atoms with Gasteiger partial charge in [0, 0.05) is 23.5 Å². The molecule has 1 heterocycles. The topological polar surface area (TPSA) is 181 Å². The number of phenolic OH excluding ortho intramolecular Hbond substituents is 1. The van der Waals surface area contributed by atoms with Crippen LogP contribution in [0.2, 0.25) is 0 Å². The first-order valence-corrected chi connectivity index (χ1v) is 10.7. The Morgan fingerprint density at radius 2 is 1.83 bits per heavy atom. The zero-order valence-corrected chi connectivity index (χ0v) is 18.6. The van der Waals surface area contributed by atoms with E-state index in [4.69, 9.17) is 10.5 Å². The van der Waals surface area contributed by atoms with Crippen LogP contribution in [0.15, 0.2) is 54.7 Å². The predicted molar refractivity (Wildman–Crippen MR) is 123 cm³/mol. The van der Waals surface area contributed by atoms with E-state index in [0.29, 0.717) is 16.5 Å². The molecule has 3 aromatic rings. The second kappa shape index (κ2) is 11.7. The fourth-order valence-electron chi connectivity index (χ4n) is 3.35. The molecule has 0 unspecified atom stereocenters. The van der Waals surface area contributed by atoms with Crippen molar-refractivity contribution in [3.8, 4) is 5.75 Å². The van der Waals surface area contributed by atoms with Gasteiger partial charge in [-0.2, -0.15) is 0 Å². The van der Waals surface area contributed by atoms with Crippen molar-refractivity contribution in [3.05, 3.63) is 65.9 Å². The molecule has 0 spiro atoms. The number of H-pyrrole nitrogens is 1. The molecule has 0 saturated carbocycles. The first-order valence-electron chi connectivity index (χ1n) is 10.7. The summed E-state index contributed by atoms with van der Waals surface area (Å²) >= 11 is 0. The van der Waals surface area contributed by atoms with Crippen LogP contribution in [0.25, 0.3) is 10.9 Å². The summed E-state index contributed by atoms with van der Waals surface area (Å²) in [6, 6.07) is 11.0. The van der Waals surface area contributed by atoms with Crippen LogP contribution in [-0.2, 0) is 36.9 Å². The van der Waals surface area contributed by atoms with Gasteiger partial charge in [0.1, 0.15) is 18.4 Å². The van der Waals surface area contributed by atoms with E-state index in [9.17, 15) is 29.4 Å². The molecule has 0 aliphatic rings. The molecule has 184 valence electrons. The summed E-state index contributed by atoms with van der Waals surface area (Å²) < 4.78 is 9.36. The number of esters is 1. The lowest BCUT2D eigenvalue weighted by Crippen LogP contribution is -2.49. The van der Waals surface area contributed by atoms with E-state index in [1.807, 2.05) is 0 Å². The molecule has 11 nitrogen and oxygen atoms in total. The number of amides is 1. The molecular formula is C24H25N3O8. The number of aromatic amines is 1. The molecule has 2 aromatic carbocycles. The van der Waals surface area contributed by atoms with Gasteiger partial charge in [-0.15, -0.1) is 0 Å². The van der Waals surface area contributed by atoms with Crippen LogP contribution >= 0.6 is 0 Å². The van der Waals surface area contributed by atoms with Gasteiger partial charge >= 0.3 is 18.1 Å². The Labute approximate surface area is 199 Å². The van der Waals surface area contributed by atoms with Gasteiger partial charge in [0.25, 0.3) is 0 Å². The predicted octanol–water partition coefficient (Wildman–Crippen LogP) is 1.97. The van der Waals surface area contributed by atoms with E-state index in [2.05, 4.69) is 15.0 Å². The highest BCUT2D eigenvalue weighted by molar-refractivity contribution is 5.89. The average Bonchev–Trinajstić information content (AvgIpc) is 3.22. The Morgan fingerprint density at radius 1 is 1.09 bits per heavy atom. The van der Waals surface area contributed by atoms with Gasteiger partial charge in [0.2, 0.25) is 5.91 Å². The van der Waals surface area contributed by atoms with Crippen LogP contribution in [0.5, 0.6) is 5.75 Å². The number of aromatic nitrogens is 1. The number of nitrogens with one attached hydrogen (secondary N) is 2. The van der Waals surface area contributed by atoms with Crippen molar-refractivity contribution < 1.29 is 38.9 Å². The van der Waals surface area contributed by atoms with E-state index < -0.39 is 42.5 Å². The molecule has 0 fully saturated rings. The van der Waals surface area contributed by atoms with Gasteiger partial charge in [-0.05, 0) is 42.2 Å². The normalized spacial score (nSPS) is 12.5. The molecule has 3 rings (SSSR count). The number of aliphatic carboxylic acids is 1. The van der Waals surface area contributed by atoms with Gasteiger partial charge in [-0.3, -0.25) is 9.59 Å². The Balaban J connectivity index is 1.47. The van der Waals surface area contributed by atoms with Gasteiger partial charge in [0.05, 0.1) is 6.04 Å². The number of aromatic hydroxyl groups is 1. The Morgan fingerprint density at radius 3 is 2.54 bits per heavy atom. The van der Waals surface area contributed by atoms with E-state index in [0.717, 1.165) is 5.52 Å². The summed E-state index contributed by atoms with van der Waals surface area (Å²) in [7, 11) is 0. The Bertz CT molecular complexity index is 1210. The minimum absolute atomic E-state index is 0.0538. The summed E-state index contributed by atoms with van der Waals surface area (Å²) in [6.45, 7) is -0.0886. The van der Waals surface area contributed by atoms with Crippen LogP contribution in [0.3, 0.4) is 0 Å². The first-order chi connectivity index (χ1) is 16.7. The minimum atomic E-state index is -1.42. The monoisotopic (exact) mass is 483 g/mol. The summed E-state index contributed by atoms with van der Waals surface area (Å²) in [5.41, 5.74) is 8.07. The summed E-state index contributed by atoms with van der Waals surface area (Å²) in [4.78, 5) is 50.6. The second-order valence-electron chi connectivity index (χ2n) is 7.79. The number of fused-ring (bicyclic) bond motifs is 1. The van der Waals surface area contributed by atoms with Crippen LogP contribution in [0, 0.1) is 0 Å². The second-order valence-corrected chi connectivity index (χ2v) is 7.79. The van der Waals surface area contributed by atoms with Crippen molar-refractivity contribution in [2.24, 2.45) is 5.73 Å². The zero-order valence-electron chi connectivity index (χ0n) is 18.6. The fraction of sp³-hybridized carbons (Fsp3) is 0.250. The number of hydrogen-bond donors (Lipinski definition) is 5. The SMILES string of the molecule is N[C@@H](Cc1c[nH]c2ccc(O)cc12)C(=O)N[C@@H](CCC(=O)OC(=O)OCc1ccccc1)C(=O)O. The van der Waals surface area contributed by atoms with Gasteiger partial charge in [-0.1, -0.05) is 30.3 Å². The highest BCUT2D eigenvalue weighted by atomic mass is 16.7. The summed E-state index contributed by atoms with van der Waals surface area (Å²) in [5.74, 6) is -3.05. The van der Waals surface area contributed by atoms with Gasteiger partial charge < -0.3 is 35.7 Å². The standard InChI is InChI=1S/C24H25N3O8/c25-18(10-15-12-26-19-7-6-16(28)11-17(15)19)22(30)27-20(23(31)32)8-9-21(29)35-24(33)34-13-14-4-2-1-3-5-14/h1-7,11-12,18,20,26,28H,8-10,13,25H2,(H,27,30)(H,31,32)/t18-,20-/m0/s1. The van der Waals surface area contributed by atoms with E-state index >= 15 is 0 Å². The van der Waals surface area contributed by atoms with Gasteiger partial charge in [0.15, 0.2) is 0 Å². The Hall–Kier alpha value is -4.38. The number of ether oxygens (including phenoxy) is 2. The van der Waals surface area contributed by atoms with Gasteiger partial charge in [-0.25, -0.2) is 9.59 Å². The zero-order chi connectivity index (χ0) is 25.4. The highest BCUT2D eigenvalue weighted by Crippen LogP contribution is 2.23. The number of carbonyl (C=O) groups is 4. The third-order valence-electron chi connectivity index (χ3n) is 5.18. The number of rotatable bonds is 10. The van der Waals surface area contributed by atoms with Crippen molar-refractivity contribution in [2.75, 3.05) is 0 Å². The third-order valence-corrected chi connectivity index (χ3v) is 5.18. The lowest BCUT2D eigenvalue weighted by molar-refractivity contribution is -0.143. The van der Waals surface area contributed by atoms with Crippen LogP contribution in [-0.4, -0.2) is 51.3 Å². The lowest BCUT2D eigenvalue weighted by atomic mass is 10.0. The molecule has 0 radical (unpaired) electrons. The molecule has 1 aromatic heterocycles. The molecule has 6 N–H and O–H groups in total. The van der Waals surface area contributed by atoms with Crippen LogP contribution < -0.4 is 11.1 Å². The summed E-state index contributed by atoms with van der Waals surface area (Å²) in [5, 5.41) is 22.1. The molecule has 35 heavy (non-hydrogen) atoms. The maximum atomic E-state index is 12.5. The van der Waals surface area contributed by atoms with E-state index in [1.165, 1.54) is 12.1 Å². The highest BCUT2D eigenvalue weighted by Gasteiger charge is 2.25. The maximum absolute atomic E-state index is 12.5. The molecular weight excluding hydrogens is 458 g/mol. The summed E-state index contributed by atoms with van der Waals surface area (Å²) in [6.07, 6.45) is -0.245. The quantitative estimate of drug-likeness (QED) is 0.213. The van der Waals surface area contributed by atoms with Crippen molar-refractivity contribution in [1.29, 1.82) is 0 Å². The molecule has 11 heteroatoms. The average molecular weight is 483 g/mol. The molecule has 2 atom stereocenters. The van der Waals surface area contributed by atoms with E-state index in [1.54, 1.807) is 42.6 Å². The first kappa shape index (κ1) is 25.2. The molecule has 1 amide bonds. The van der Waals surface area contributed by atoms with Crippen molar-refractivity contribution in [2.45, 2.75) is 38.0 Å². The number of nitrogens with two attached hydrogens (primary N) is 1. The maximum Gasteiger partial charge on any atom is 0.516 e. The minimum Gasteiger partial charge on any atom is -0.508 e. The van der Waals surface area contributed by atoms with Crippen LogP contribution in [0.1, 0.15) is 24.0 Å². The lowest BCUT2D eigenvalue weighted by Gasteiger charge is -2.17. The molecule has 0 saturated heterocycles. The molecule has 0 bridgehead atoms. The molecule has 0 aliphatic heterocycles. The number of hydrogen-bond acceptors (Lipinski definition) is 8. The number of benzene rings is 2. The van der Waals surface area contributed by atoms with E-state index in [-0.39, 0.29) is 25.2 Å². The largest absolute Gasteiger partial charge is 0.516 e. The molecule has 0 aliphatic carbocycles. The van der Waals surface area contributed by atoms with Crippen molar-refractivity contribution in [1.82, 2.24) is 10.3 Å². The van der Waals surface area contributed by atoms with Crippen LogP contribution in [0.4, 0.5) is 4.79 Å². The van der Waals surface area contributed by atoms with Crippen molar-refractivity contribution >= 4 is 34.9 Å². The number of carboxylic acid groups (broad SMARTS) is 1. The third kappa shape index (κ3) is 7.30. The fourth-order valence-corrected chi connectivity index (χ4v) is 3.35. The smallest absolute Gasteiger partial charge is 0.508 e. The van der Waals surface area contributed by atoms with Crippen molar-refractivity contribution in [3.63, 3.8) is 0 Å². The Kier molecular flexibility index (Phi) is 8.41.